The summed E-state index contributed by atoms with van der Waals surface area (Å²) in [6.45, 7) is 6.61. The van der Waals surface area contributed by atoms with E-state index in [0.717, 1.165) is 27.6 Å². The zero-order chi connectivity index (χ0) is 18.5. The Labute approximate surface area is 156 Å². The molecule has 0 spiro atoms. The molecule has 0 aliphatic rings. The van der Waals surface area contributed by atoms with Crippen molar-refractivity contribution < 1.29 is 9.53 Å². The fourth-order valence-electron chi connectivity index (χ4n) is 2.33. The van der Waals surface area contributed by atoms with Gasteiger partial charge in [0, 0.05) is 11.3 Å². The summed E-state index contributed by atoms with van der Waals surface area (Å²) in [6, 6.07) is 13.0. The molecule has 0 atom stereocenters. The number of benzene rings is 2. The first-order valence-corrected chi connectivity index (χ1v) is 9.09. The van der Waals surface area contributed by atoms with E-state index in [1.807, 2.05) is 63.2 Å². The minimum absolute atomic E-state index is 0.345. The first-order chi connectivity index (χ1) is 12.5. The van der Waals surface area contributed by atoms with E-state index < -0.39 is 0 Å². The second kappa shape index (κ2) is 7.97. The molecule has 0 radical (unpaired) electrons. The van der Waals surface area contributed by atoms with Gasteiger partial charge in [-0.05, 0) is 68.3 Å². The smallest absolute Gasteiger partial charge is 0.325 e. The molecule has 0 aliphatic heterocycles. The van der Waals surface area contributed by atoms with E-state index in [-0.39, 0.29) is 6.03 Å². The second-order valence-corrected chi connectivity index (χ2v) is 6.73. The monoisotopic (exact) mass is 368 g/mol. The zero-order valence-corrected chi connectivity index (χ0v) is 15.7. The van der Waals surface area contributed by atoms with E-state index in [2.05, 4.69) is 20.8 Å². The maximum atomic E-state index is 12.1. The summed E-state index contributed by atoms with van der Waals surface area (Å²) >= 11 is 1.31. The minimum atomic E-state index is -0.345. The van der Waals surface area contributed by atoms with Gasteiger partial charge >= 0.3 is 6.03 Å². The van der Waals surface area contributed by atoms with Crippen LogP contribution in [0.5, 0.6) is 5.75 Å². The SMILES string of the molecule is CCOc1ccc(-c2nnc(NC(=O)Nc3ccc(C)c(C)c3)s2)cc1. The Hall–Kier alpha value is -2.93. The van der Waals surface area contributed by atoms with Gasteiger partial charge in [-0.1, -0.05) is 17.4 Å². The fraction of sp³-hybridized carbons (Fsp3) is 0.211. The highest BCUT2D eigenvalue weighted by molar-refractivity contribution is 7.18. The number of nitrogens with one attached hydrogen (secondary N) is 2. The lowest BCUT2D eigenvalue weighted by Crippen LogP contribution is -2.19. The molecule has 7 heteroatoms. The number of ether oxygens (including phenoxy) is 1. The number of carbonyl (C=O) groups excluding carboxylic acids is 1. The van der Waals surface area contributed by atoms with Crippen LogP contribution < -0.4 is 15.4 Å². The number of anilines is 2. The van der Waals surface area contributed by atoms with Gasteiger partial charge in [-0.15, -0.1) is 10.2 Å². The predicted octanol–water partition coefficient (Wildman–Crippen LogP) is 4.86. The summed E-state index contributed by atoms with van der Waals surface area (Å²) in [5.74, 6) is 0.812. The number of aryl methyl sites for hydroxylation is 2. The number of carbonyl (C=O) groups is 1. The summed E-state index contributed by atoms with van der Waals surface area (Å²) in [7, 11) is 0. The third kappa shape index (κ3) is 4.37. The van der Waals surface area contributed by atoms with E-state index in [1.165, 1.54) is 16.9 Å². The molecule has 2 aromatic carbocycles. The highest BCUT2D eigenvalue weighted by Gasteiger charge is 2.10. The molecule has 134 valence electrons. The van der Waals surface area contributed by atoms with Crippen molar-refractivity contribution in [3.05, 3.63) is 53.6 Å². The molecule has 26 heavy (non-hydrogen) atoms. The number of hydrogen-bond acceptors (Lipinski definition) is 5. The highest BCUT2D eigenvalue weighted by Crippen LogP contribution is 2.28. The molecule has 3 aromatic rings. The molecular formula is C19H20N4O2S. The molecule has 6 nitrogen and oxygen atoms in total. The first kappa shape index (κ1) is 17.9. The Morgan fingerprint density at radius 3 is 2.50 bits per heavy atom. The number of urea groups is 1. The van der Waals surface area contributed by atoms with Crippen LogP contribution in [0, 0.1) is 13.8 Å². The van der Waals surface area contributed by atoms with Crippen LogP contribution in [0.25, 0.3) is 10.6 Å². The maximum absolute atomic E-state index is 12.1. The Bertz CT molecular complexity index is 906. The average Bonchev–Trinajstić information content (AvgIpc) is 3.07. The van der Waals surface area contributed by atoms with Gasteiger partial charge in [0.2, 0.25) is 5.13 Å². The molecule has 0 aliphatic carbocycles. The highest BCUT2D eigenvalue weighted by atomic mass is 32.1. The third-order valence-electron chi connectivity index (χ3n) is 3.82. The zero-order valence-electron chi connectivity index (χ0n) is 14.9. The lowest BCUT2D eigenvalue weighted by atomic mass is 10.1. The first-order valence-electron chi connectivity index (χ1n) is 8.27. The molecule has 0 bridgehead atoms. The van der Waals surface area contributed by atoms with E-state index in [4.69, 9.17) is 4.74 Å². The van der Waals surface area contributed by atoms with Gasteiger partial charge in [0.05, 0.1) is 6.61 Å². The van der Waals surface area contributed by atoms with Crippen LogP contribution in [0.2, 0.25) is 0 Å². The Balaban J connectivity index is 1.64. The van der Waals surface area contributed by atoms with Crippen LogP contribution in [-0.4, -0.2) is 22.8 Å². The van der Waals surface area contributed by atoms with Crippen LogP contribution >= 0.6 is 11.3 Å². The normalized spacial score (nSPS) is 10.4. The van der Waals surface area contributed by atoms with E-state index >= 15 is 0 Å². The quantitative estimate of drug-likeness (QED) is 0.674. The number of aromatic nitrogens is 2. The second-order valence-electron chi connectivity index (χ2n) is 5.75. The Morgan fingerprint density at radius 1 is 1.04 bits per heavy atom. The van der Waals surface area contributed by atoms with Crippen LogP contribution in [0.4, 0.5) is 15.6 Å². The van der Waals surface area contributed by atoms with Crippen LogP contribution in [0.1, 0.15) is 18.1 Å². The van der Waals surface area contributed by atoms with Crippen molar-refractivity contribution in [1.29, 1.82) is 0 Å². The molecule has 0 fully saturated rings. The van der Waals surface area contributed by atoms with Crippen molar-refractivity contribution in [3.63, 3.8) is 0 Å². The van der Waals surface area contributed by atoms with Gasteiger partial charge in [-0.3, -0.25) is 5.32 Å². The van der Waals surface area contributed by atoms with E-state index in [1.54, 1.807) is 0 Å². The van der Waals surface area contributed by atoms with Gasteiger partial charge < -0.3 is 10.1 Å². The number of hydrogen-bond donors (Lipinski definition) is 2. The number of rotatable bonds is 5. The van der Waals surface area contributed by atoms with Gasteiger partial charge in [0.25, 0.3) is 0 Å². The fourth-order valence-corrected chi connectivity index (χ4v) is 3.07. The lowest BCUT2D eigenvalue weighted by Gasteiger charge is -2.07. The molecular weight excluding hydrogens is 348 g/mol. The average molecular weight is 368 g/mol. The largest absolute Gasteiger partial charge is 0.494 e. The number of nitrogens with zero attached hydrogens (tertiary/aromatic N) is 2. The van der Waals surface area contributed by atoms with Crippen molar-refractivity contribution in [2.24, 2.45) is 0 Å². The molecule has 0 unspecified atom stereocenters. The van der Waals surface area contributed by atoms with E-state index in [0.29, 0.717) is 11.7 Å². The standard InChI is InChI=1S/C19H20N4O2S/c1-4-25-16-9-6-14(7-10-16)17-22-23-19(26-17)21-18(24)20-15-8-5-12(2)13(3)11-15/h5-11H,4H2,1-3H3,(H2,20,21,23,24). The number of amides is 2. The summed E-state index contributed by atoms with van der Waals surface area (Å²) in [5, 5.41) is 14.9. The van der Waals surface area contributed by atoms with Crippen molar-refractivity contribution in [1.82, 2.24) is 10.2 Å². The lowest BCUT2D eigenvalue weighted by molar-refractivity contribution is 0.262. The minimum Gasteiger partial charge on any atom is -0.494 e. The summed E-state index contributed by atoms with van der Waals surface area (Å²) in [6.07, 6.45) is 0. The predicted molar refractivity (Wildman–Crippen MR) is 105 cm³/mol. The molecule has 0 saturated carbocycles. The molecule has 3 rings (SSSR count). The summed E-state index contributed by atoms with van der Waals surface area (Å²) < 4.78 is 5.43. The van der Waals surface area contributed by atoms with Gasteiger partial charge in [-0.25, -0.2) is 4.79 Å². The molecule has 1 aromatic heterocycles. The van der Waals surface area contributed by atoms with Crippen LogP contribution in [0.3, 0.4) is 0 Å². The van der Waals surface area contributed by atoms with Crippen molar-refractivity contribution in [3.8, 4) is 16.3 Å². The van der Waals surface area contributed by atoms with Gasteiger partial charge in [-0.2, -0.15) is 0 Å². The molecule has 2 amide bonds. The summed E-state index contributed by atoms with van der Waals surface area (Å²) in [5.41, 5.74) is 3.96. The van der Waals surface area contributed by atoms with Crippen molar-refractivity contribution in [2.45, 2.75) is 20.8 Å². The van der Waals surface area contributed by atoms with Crippen molar-refractivity contribution >= 4 is 28.2 Å². The van der Waals surface area contributed by atoms with E-state index in [9.17, 15) is 4.79 Å². The maximum Gasteiger partial charge on any atom is 0.325 e. The third-order valence-corrected chi connectivity index (χ3v) is 4.71. The Morgan fingerprint density at radius 2 is 1.81 bits per heavy atom. The summed E-state index contributed by atoms with van der Waals surface area (Å²) in [4.78, 5) is 12.1. The topological polar surface area (TPSA) is 76.1 Å². The van der Waals surface area contributed by atoms with Crippen LogP contribution in [0.15, 0.2) is 42.5 Å². The van der Waals surface area contributed by atoms with Gasteiger partial charge in [0.1, 0.15) is 10.8 Å². The molecule has 0 saturated heterocycles. The Kier molecular flexibility index (Phi) is 5.48. The van der Waals surface area contributed by atoms with Crippen molar-refractivity contribution in [2.75, 3.05) is 17.2 Å². The molecule has 1 heterocycles. The van der Waals surface area contributed by atoms with Crippen LogP contribution in [-0.2, 0) is 0 Å². The van der Waals surface area contributed by atoms with Gasteiger partial charge in [0.15, 0.2) is 0 Å². The molecule has 2 N–H and O–H groups in total.